The molecule has 12 heteroatoms. The Bertz CT molecular complexity index is 1530. The standard InChI is InChI=1S/C30H22F9NO2/c1-42-26-10-8-19(15-25(26)33)28(16-17-5-3-2-4-6-17,20-12-21(29(34,35)36)14-22(31)13-20)40-27(41)18-7-9-24(32)23(11-18)30(37,38)39/h2-13,15,22H,14,16H2,1H3,(H,40,41). The minimum atomic E-state index is -5.17. The van der Waals surface area contributed by atoms with E-state index < -0.39 is 70.3 Å². The first-order valence-corrected chi connectivity index (χ1v) is 12.4. The van der Waals surface area contributed by atoms with E-state index in [2.05, 4.69) is 5.32 Å². The van der Waals surface area contributed by atoms with Crippen molar-refractivity contribution in [2.45, 2.75) is 36.9 Å². The number of carbonyl (C=O) groups excluding carboxylic acids is 1. The van der Waals surface area contributed by atoms with Crippen molar-refractivity contribution in [1.29, 1.82) is 0 Å². The number of nitrogens with one attached hydrogen (secondary N) is 1. The van der Waals surface area contributed by atoms with Crippen LogP contribution < -0.4 is 10.1 Å². The minimum absolute atomic E-state index is 0.158. The predicted molar refractivity (Wildman–Crippen MR) is 135 cm³/mol. The molecule has 222 valence electrons. The molecule has 3 aromatic carbocycles. The lowest BCUT2D eigenvalue weighted by Gasteiger charge is -2.39. The maximum Gasteiger partial charge on any atom is 0.419 e. The summed E-state index contributed by atoms with van der Waals surface area (Å²) in [6.45, 7) is 0. The molecule has 0 bridgehead atoms. The Morgan fingerprint density at radius 3 is 2.19 bits per heavy atom. The molecule has 0 saturated carbocycles. The van der Waals surface area contributed by atoms with Crippen LogP contribution in [0, 0.1) is 11.6 Å². The summed E-state index contributed by atoms with van der Waals surface area (Å²) in [4.78, 5) is 13.5. The average Bonchev–Trinajstić information content (AvgIpc) is 2.92. The number of benzene rings is 3. The van der Waals surface area contributed by atoms with Crippen LogP contribution in [0.15, 0.2) is 90.0 Å². The van der Waals surface area contributed by atoms with Gasteiger partial charge in [0.05, 0.1) is 18.2 Å². The normalized spacial score (nSPS) is 17.1. The van der Waals surface area contributed by atoms with Crippen molar-refractivity contribution >= 4 is 5.91 Å². The van der Waals surface area contributed by atoms with Crippen LogP contribution in [0.1, 0.15) is 33.5 Å². The second-order valence-corrected chi connectivity index (χ2v) is 9.57. The molecule has 0 heterocycles. The second-order valence-electron chi connectivity index (χ2n) is 9.57. The smallest absolute Gasteiger partial charge is 0.419 e. The summed E-state index contributed by atoms with van der Waals surface area (Å²) in [6.07, 6.45) is -12.2. The van der Waals surface area contributed by atoms with Gasteiger partial charge < -0.3 is 10.1 Å². The Labute approximate surface area is 234 Å². The molecule has 0 aromatic heterocycles. The van der Waals surface area contributed by atoms with Crippen molar-refractivity contribution in [3.63, 3.8) is 0 Å². The van der Waals surface area contributed by atoms with Gasteiger partial charge >= 0.3 is 12.4 Å². The number of halogens is 9. The van der Waals surface area contributed by atoms with Crippen molar-refractivity contribution < 1.29 is 49.0 Å². The lowest BCUT2D eigenvalue weighted by atomic mass is 9.74. The first-order valence-electron chi connectivity index (χ1n) is 12.4. The van der Waals surface area contributed by atoms with Gasteiger partial charge in [0.1, 0.15) is 12.0 Å². The fraction of sp³-hybridized carbons (Fsp3) is 0.233. The summed E-state index contributed by atoms with van der Waals surface area (Å²) >= 11 is 0. The predicted octanol–water partition coefficient (Wildman–Crippen LogP) is 8.02. The molecule has 0 fully saturated rings. The Hall–Kier alpha value is -4.22. The maximum atomic E-state index is 15.0. The molecule has 1 aliphatic carbocycles. The number of amides is 1. The van der Waals surface area contributed by atoms with E-state index in [1.165, 1.54) is 13.2 Å². The quantitative estimate of drug-likeness (QED) is 0.280. The topological polar surface area (TPSA) is 38.3 Å². The fourth-order valence-electron chi connectivity index (χ4n) is 4.76. The number of ether oxygens (including phenoxy) is 1. The summed E-state index contributed by atoms with van der Waals surface area (Å²) in [5.41, 5.74) is -6.05. The van der Waals surface area contributed by atoms with Gasteiger partial charge in [0, 0.05) is 24.0 Å². The van der Waals surface area contributed by atoms with Crippen LogP contribution in [0.5, 0.6) is 5.75 Å². The molecule has 0 radical (unpaired) electrons. The third-order valence-corrected chi connectivity index (χ3v) is 6.78. The lowest BCUT2D eigenvalue weighted by Crippen LogP contribution is -2.49. The van der Waals surface area contributed by atoms with Crippen molar-refractivity contribution in [2.75, 3.05) is 7.11 Å². The molecule has 1 aliphatic rings. The molecule has 2 atom stereocenters. The van der Waals surface area contributed by atoms with Gasteiger partial charge in [-0.3, -0.25) is 4.79 Å². The number of carbonyl (C=O) groups is 1. The molecular formula is C30H22F9NO2. The zero-order valence-electron chi connectivity index (χ0n) is 21.7. The molecule has 0 aliphatic heterocycles. The van der Waals surface area contributed by atoms with Gasteiger partial charge in [-0.2, -0.15) is 26.3 Å². The Morgan fingerprint density at radius 1 is 0.905 bits per heavy atom. The summed E-state index contributed by atoms with van der Waals surface area (Å²) in [5, 5.41) is 2.45. The first kappa shape index (κ1) is 30.7. The van der Waals surface area contributed by atoms with E-state index >= 15 is 4.39 Å². The monoisotopic (exact) mass is 599 g/mol. The molecule has 0 saturated heterocycles. The van der Waals surface area contributed by atoms with Crippen molar-refractivity contribution in [1.82, 2.24) is 5.32 Å². The largest absolute Gasteiger partial charge is 0.494 e. The SMILES string of the molecule is COc1ccc(C(Cc2ccccc2)(NC(=O)c2ccc(F)c(C(F)(F)F)c2)C2=CC(F)CC(C(F)(F)F)=C2)cc1F. The highest BCUT2D eigenvalue weighted by Crippen LogP contribution is 2.43. The van der Waals surface area contributed by atoms with E-state index in [9.17, 15) is 39.9 Å². The number of alkyl halides is 7. The number of methoxy groups -OCH3 is 1. The Morgan fingerprint density at radius 2 is 1.60 bits per heavy atom. The minimum Gasteiger partial charge on any atom is -0.494 e. The van der Waals surface area contributed by atoms with Gasteiger partial charge in [-0.1, -0.05) is 36.4 Å². The summed E-state index contributed by atoms with van der Waals surface area (Å²) < 4.78 is 130. The zero-order valence-corrected chi connectivity index (χ0v) is 21.7. The van der Waals surface area contributed by atoms with E-state index in [0.717, 1.165) is 24.3 Å². The second kappa shape index (κ2) is 11.6. The summed E-state index contributed by atoms with van der Waals surface area (Å²) in [7, 11) is 1.17. The number of allylic oxidation sites excluding steroid dienone is 2. The highest BCUT2D eigenvalue weighted by molar-refractivity contribution is 5.95. The fourth-order valence-corrected chi connectivity index (χ4v) is 4.76. The average molecular weight is 599 g/mol. The molecule has 42 heavy (non-hydrogen) atoms. The number of rotatable bonds is 7. The molecular weight excluding hydrogens is 577 g/mol. The van der Waals surface area contributed by atoms with Crippen LogP contribution in [-0.4, -0.2) is 25.4 Å². The van der Waals surface area contributed by atoms with Crippen molar-refractivity contribution in [3.05, 3.63) is 124 Å². The third kappa shape index (κ3) is 6.47. The molecule has 1 amide bonds. The van der Waals surface area contributed by atoms with Crippen LogP contribution in [0.2, 0.25) is 0 Å². The van der Waals surface area contributed by atoms with Gasteiger partial charge in [0.15, 0.2) is 11.6 Å². The van der Waals surface area contributed by atoms with Gasteiger partial charge in [0.2, 0.25) is 0 Å². The van der Waals surface area contributed by atoms with Crippen molar-refractivity contribution in [3.8, 4) is 5.75 Å². The molecule has 3 nitrogen and oxygen atoms in total. The van der Waals surface area contributed by atoms with E-state index in [-0.39, 0.29) is 23.8 Å². The van der Waals surface area contributed by atoms with E-state index in [1.54, 1.807) is 30.3 Å². The van der Waals surface area contributed by atoms with Crippen molar-refractivity contribution in [2.24, 2.45) is 0 Å². The molecule has 3 aromatic rings. The van der Waals surface area contributed by atoms with Gasteiger partial charge in [-0.05, 0) is 59.2 Å². The third-order valence-electron chi connectivity index (χ3n) is 6.78. The molecule has 2 unspecified atom stereocenters. The maximum absolute atomic E-state index is 15.0. The van der Waals surface area contributed by atoms with Crippen LogP contribution in [0.4, 0.5) is 39.5 Å². The van der Waals surface area contributed by atoms with Crippen LogP contribution in [-0.2, 0) is 18.1 Å². The Balaban J connectivity index is 1.98. The van der Waals surface area contributed by atoms with Crippen LogP contribution in [0.25, 0.3) is 0 Å². The van der Waals surface area contributed by atoms with Gasteiger partial charge in [0.25, 0.3) is 5.91 Å². The van der Waals surface area contributed by atoms with Gasteiger partial charge in [-0.25, -0.2) is 13.2 Å². The lowest BCUT2D eigenvalue weighted by molar-refractivity contribution is -0.140. The molecule has 0 spiro atoms. The van der Waals surface area contributed by atoms with Crippen LogP contribution >= 0.6 is 0 Å². The van der Waals surface area contributed by atoms with E-state index in [1.807, 2.05) is 0 Å². The molecule has 1 N–H and O–H groups in total. The number of hydrogen-bond donors (Lipinski definition) is 1. The van der Waals surface area contributed by atoms with E-state index in [4.69, 9.17) is 4.74 Å². The summed E-state index contributed by atoms with van der Waals surface area (Å²) in [5.74, 6) is -4.15. The Kier molecular flexibility index (Phi) is 8.47. The van der Waals surface area contributed by atoms with Crippen LogP contribution in [0.3, 0.4) is 0 Å². The van der Waals surface area contributed by atoms with Gasteiger partial charge in [-0.15, -0.1) is 0 Å². The molecule has 4 rings (SSSR count). The number of hydrogen-bond acceptors (Lipinski definition) is 2. The van der Waals surface area contributed by atoms with E-state index in [0.29, 0.717) is 17.7 Å². The highest BCUT2D eigenvalue weighted by atomic mass is 19.4. The zero-order chi connectivity index (χ0) is 30.9. The first-order chi connectivity index (χ1) is 19.6. The highest BCUT2D eigenvalue weighted by Gasteiger charge is 2.44. The summed E-state index contributed by atoms with van der Waals surface area (Å²) in [6, 6.07) is 12.6.